The van der Waals surface area contributed by atoms with Gasteiger partial charge in [-0.2, -0.15) is 0 Å². The molecule has 0 saturated heterocycles. The number of nitrogens with zero attached hydrogens (tertiary/aromatic N) is 1. The fourth-order valence-corrected chi connectivity index (χ4v) is 2.69. The van der Waals surface area contributed by atoms with Gasteiger partial charge in [-0.15, -0.1) is 0 Å². The zero-order chi connectivity index (χ0) is 9.26. The number of nitrogens with one attached hydrogen (secondary N) is 1. The van der Waals surface area contributed by atoms with Gasteiger partial charge in [0, 0.05) is 11.0 Å². The highest BCUT2D eigenvalue weighted by atomic mass is 79.9. The van der Waals surface area contributed by atoms with Gasteiger partial charge in [0.1, 0.15) is 0 Å². The predicted octanol–water partition coefficient (Wildman–Crippen LogP) is 3.49. The number of rotatable bonds is 2. The van der Waals surface area contributed by atoms with E-state index >= 15 is 0 Å². The summed E-state index contributed by atoms with van der Waals surface area (Å²) in [5.74, 6) is 0. The number of hydrogen-bond acceptors (Lipinski definition) is 3. The van der Waals surface area contributed by atoms with Gasteiger partial charge in [0.25, 0.3) is 0 Å². The molecule has 0 unspecified atom stereocenters. The molecule has 4 heteroatoms. The van der Waals surface area contributed by atoms with Crippen LogP contribution in [0.25, 0.3) is 10.2 Å². The highest BCUT2D eigenvalue weighted by Crippen LogP contribution is 2.30. The normalized spacial score (nSPS) is 10.6. The maximum atomic E-state index is 4.46. The molecule has 0 aliphatic heterocycles. The fourth-order valence-electron chi connectivity index (χ4n) is 1.14. The molecular formula is C9H9BrN2S. The van der Waals surface area contributed by atoms with E-state index in [4.69, 9.17) is 0 Å². The minimum absolute atomic E-state index is 0.914. The van der Waals surface area contributed by atoms with Crippen molar-refractivity contribution in [2.24, 2.45) is 0 Å². The van der Waals surface area contributed by atoms with Crippen LogP contribution in [0.4, 0.5) is 5.13 Å². The van der Waals surface area contributed by atoms with Crippen molar-refractivity contribution in [3.05, 3.63) is 22.7 Å². The Balaban J connectivity index is 2.55. The zero-order valence-electron chi connectivity index (χ0n) is 7.17. The van der Waals surface area contributed by atoms with Crippen LogP contribution >= 0.6 is 27.3 Å². The van der Waals surface area contributed by atoms with E-state index in [-0.39, 0.29) is 0 Å². The van der Waals surface area contributed by atoms with Crippen molar-refractivity contribution >= 4 is 42.6 Å². The standard InChI is InChI=1S/C9H9BrN2S/c1-2-11-9-12-8-6(10)4-3-5-7(8)13-9/h3-5H,2H2,1H3,(H,11,12). The Bertz CT molecular complexity index is 424. The van der Waals surface area contributed by atoms with Crippen LogP contribution in [0.3, 0.4) is 0 Å². The van der Waals surface area contributed by atoms with Gasteiger partial charge >= 0.3 is 0 Å². The first kappa shape index (κ1) is 8.97. The topological polar surface area (TPSA) is 24.9 Å². The van der Waals surface area contributed by atoms with Gasteiger partial charge < -0.3 is 5.32 Å². The third-order valence-electron chi connectivity index (χ3n) is 1.70. The number of anilines is 1. The van der Waals surface area contributed by atoms with Crippen LogP contribution in [0.15, 0.2) is 22.7 Å². The lowest BCUT2D eigenvalue weighted by Gasteiger charge is -1.92. The summed E-state index contributed by atoms with van der Waals surface area (Å²) >= 11 is 5.16. The minimum Gasteiger partial charge on any atom is -0.362 e. The van der Waals surface area contributed by atoms with Crippen molar-refractivity contribution in [2.45, 2.75) is 6.92 Å². The number of halogens is 1. The molecule has 0 atom stereocenters. The molecule has 0 aliphatic rings. The van der Waals surface area contributed by atoms with E-state index in [0.29, 0.717) is 0 Å². The SMILES string of the molecule is CCNc1nc2c(Br)cccc2s1. The summed E-state index contributed by atoms with van der Waals surface area (Å²) in [6.07, 6.45) is 0. The van der Waals surface area contributed by atoms with Crippen molar-refractivity contribution in [1.29, 1.82) is 0 Å². The maximum absolute atomic E-state index is 4.46. The molecule has 1 aromatic carbocycles. The molecule has 0 saturated carbocycles. The smallest absolute Gasteiger partial charge is 0.183 e. The first-order valence-corrected chi connectivity index (χ1v) is 5.71. The molecule has 0 fully saturated rings. The van der Waals surface area contributed by atoms with Crippen LogP contribution in [0.1, 0.15) is 6.92 Å². The largest absolute Gasteiger partial charge is 0.362 e. The van der Waals surface area contributed by atoms with Gasteiger partial charge in [-0.3, -0.25) is 0 Å². The van der Waals surface area contributed by atoms with Gasteiger partial charge in [0.15, 0.2) is 5.13 Å². The van der Waals surface area contributed by atoms with Crippen LogP contribution in [0, 0.1) is 0 Å². The van der Waals surface area contributed by atoms with Gasteiger partial charge in [0.05, 0.1) is 10.2 Å². The molecule has 0 bridgehead atoms. The van der Waals surface area contributed by atoms with Crippen molar-refractivity contribution in [3.63, 3.8) is 0 Å². The quantitative estimate of drug-likeness (QED) is 0.890. The lowest BCUT2D eigenvalue weighted by molar-refractivity contribution is 1.20. The first-order valence-electron chi connectivity index (χ1n) is 4.10. The highest BCUT2D eigenvalue weighted by molar-refractivity contribution is 9.10. The second kappa shape index (κ2) is 3.64. The summed E-state index contributed by atoms with van der Waals surface area (Å²) in [6.45, 7) is 2.98. The van der Waals surface area contributed by atoms with Gasteiger partial charge in [-0.05, 0) is 35.0 Å². The van der Waals surface area contributed by atoms with Crippen LogP contribution in [0.2, 0.25) is 0 Å². The van der Waals surface area contributed by atoms with E-state index in [9.17, 15) is 0 Å². The molecule has 2 aromatic rings. The number of thiazole rings is 1. The Morgan fingerprint density at radius 3 is 3.08 bits per heavy atom. The Morgan fingerprint density at radius 2 is 2.38 bits per heavy atom. The Hall–Kier alpha value is -0.610. The summed E-state index contributed by atoms with van der Waals surface area (Å²) in [4.78, 5) is 4.46. The van der Waals surface area contributed by atoms with Crippen molar-refractivity contribution < 1.29 is 0 Å². The highest BCUT2D eigenvalue weighted by Gasteiger charge is 2.04. The average Bonchev–Trinajstić information content (AvgIpc) is 2.49. The lowest BCUT2D eigenvalue weighted by atomic mass is 10.3. The molecule has 0 amide bonds. The maximum Gasteiger partial charge on any atom is 0.183 e. The van der Waals surface area contributed by atoms with E-state index in [1.165, 1.54) is 4.70 Å². The molecule has 1 N–H and O–H groups in total. The van der Waals surface area contributed by atoms with Crippen molar-refractivity contribution in [1.82, 2.24) is 4.98 Å². The van der Waals surface area contributed by atoms with E-state index in [1.54, 1.807) is 11.3 Å². The second-order valence-electron chi connectivity index (χ2n) is 2.64. The molecule has 0 spiro atoms. The number of fused-ring (bicyclic) bond motifs is 1. The monoisotopic (exact) mass is 256 g/mol. The van der Waals surface area contributed by atoms with E-state index < -0.39 is 0 Å². The Labute approximate surface area is 89.1 Å². The molecule has 0 radical (unpaired) electrons. The molecule has 2 nitrogen and oxygen atoms in total. The molecule has 1 aromatic heterocycles. The second-order valence-corrected chi connectivity index (χ2v) is 4.52. The van der Waals surface area contributed by atoms with E-state index in [1.807, 2.05) is 12.1 Å². The summed E-state index contributed by atoms with van der Waals surface area (Å²) in [5, 5.41) is 4.20. The minimum atomic E-state index is 0.914. The van der Waals surface area contributed by atoms with Crippen LogP contribution in [-0.4, -0.2) is 11.5 Å². The summed E-state index contributed by atoms with van der Waals surface area (Å²) in [7, 11) is 0. The van der Waals surface area contributed by atoms with Gasteiger partial charge in [-0.25, -0.2) is 4.98 Å². The number of benzene rings is 1. The lowest BCUT2D eigenvalue weighted by Crippen LogP contribution is -1.94. The molecule has 1 heterocycles. The average molecular weight is 257 g/mol. The van der Waals surface area contributed by atoms with E-state index in [2.05, 4.69) is 39.2 Å². The molecule has 68 valence electrons. The van der Waals surface area contributed by atoms with Crippen molar-refractivity contribution in [3.8, 4) is 0 Å². The third kappa shape index (κ3) is 1.69. The number of para-hydroxylation sites is 1. The zero-order valence-corrected chi connectivity index (χ0v) is 9.58. The van der Waals surface area contributed by atoms with Crippen LogP contribution in [-0.2, 0) is 0 Å². The molecule has 13 heavy (non-hydrogen) atoms. The summed E-state index contributed by atoms with van der Waals surface area (Å²) < 4.78 is 2.27. The molecule has 0 aliphatic carbocycles. The summed E-state index contributed by atoms with van der Waals surface area (Å²) in [6, 6.07) is 6.12. The van der Waals surface area contributed by atoms with E-state index in [0.717, 1.165) is 21.7 Å². The molecule has 2 rings (SSSR count). The Kier molecular flexibility index (Phi) is 2.51. The number of hydrogen-bond donors (Lipinski definition) is 1. The Morgan fingerprint density at radius 1 is 1.54 bits per heavy atom. The van der Waals surface area contributed by atoms with Crippen molar-refractivity contribution in [2.75, 3.05) is 11.9 Å². The van der Waals surface area contributed by atoms with Crippen LogP contribution < -0.4 is 5.32 Å². The van der Waals surface area contributed by atoms with Crippen LogP contribution in [0.5, 0.6) is 0 Å². The predicted molar refractivity (Wildman–Crippen MR) is 61.5 cm³/mol. The fraction of sp³-hybridized carbons (Fsp3) is 0.222. The number of aromatic nitrogens is 1. The third-order valence-corrected chi connectivity index (χ3v) is 3.32. The van der Waals surface area contributed by atoms with Gasteiger partial charge in [-0.1, -0.05) is 17.4 Å². The van der Waals surface area contributed by atoms with Gasteiger partial charge in [0.2, 0.25) is 0 Å². The molecular weight excluding hydrogens is 248 g/mol. The summed E-state index contributed by atoms with van der Waals surface area (Å²) in [5.41, 5.74) is 1.04. The first-order chi connectivity index (χ1) is 6.31.